The number of nitrogens with zero attached hydrogens (tertiary/aromatic N) is 4. The molecule has 2 saturated heterocycles. The summed E-state index contributed by atoms with van der Waals surface area (Å²) in [7, 11) is 9.54. The lowest BCUT2D eigenvalue weighted by Crippen LogP contribution is -2.69. The molecule has 2 aliphatic heterocycles. The lowest BCUT2D eigenvalue weighted by atomic mass is 9.77. The highest BCUT2D eigenvalue weighted by Crippen LogP contribution is 2.42. The molecule has 0 aliphatic carbocycles. The van der Waals surface area contributed by atoms with Crippen LogP contribution in [-0.4, -0.2) is 105 Å². The molecular weight excluding hydrogens is 376 g/mol. The molecule has 0 amide bonds. The third-order valence-electron chi connectivity index (χ3n) is 8.53. The summed E-state index contributed by atoms with van der Waals surface area (Å²) in [6, 6.07) is 1.09. The number of quaternary nitrogens is 2. The maximum atomic E-state index is 10.7. The van der Waals surface area contributed by atoms with E-state index in [2.05, 4.69) is 83.6 Å². The Morgan fingerprint density at radius 1 is 0.667 bits per heavy atom. The van der Waals surface area contributed by atoms with Gasteiger partial charge in [-0.1, -0.05) is 5.06 Å². The minimum absolute atomic E-state index is 0.103. The minimum atomic E-state index is -0.207. The Bertz CT molecular complexity index is 535. The zero-order chi connectivity index (χ0) is 23.6. The summed E-state index contributed by atoms with van der Waals surface area (Å²) in [5.74, 6) is 0. The summed E-state index contributed by atoms with van der Waals surface area (Å²) >= 11 is 0. The standard InChI is InChI=1S/C24H52N4O2/c1-21(2)15-19(16-22(3,4)25(21)29)27(9,10)13-14-28(11,12)20-17-23(5,6)26(30)24(7,8)18-20/h19-20,29-30H,13-18H2,1-12H3/q+2/p+1. The van der Waals surface area contributed by atoms with E-state index in [0.29, 0.717) is 12.1 Å². The first-order valence-electron chi connectivity index (χ1n) is 11.8. The van der Waals surface area contributed by atoms with Crippen molar-refractivity contribution in [3.05, 3.63) is 0 Å². The summed E-state index contributed by atoms with van der Waals surface area (Å²) in [6.45, 7) is 19.8. The molecule has 2 rings (SSSR count). The Balaban J connectivity index is 2.13. The number of hydroxylamine groups is 4. The maximum Gasteiger partial charge on any atom is 0.128 e. The maximum absolute atomic E-state index is 10.7. The van der Waals surface area contributed by atoms with Crippen LogP contribution in [0.15, 0.2) is 0 Å². The molecule has 0 aromatic rings. The molecule has 2 heterocycles. The third-order valence-corrected chi connectivity index (χ3v) is 8.53. The van der Waals surface area contributed by atoms with E-state index in [1.807, 2.05) is 5.06 Å². The second-order valence-corrected chi connectivity index (χ2v) is 14.0. The molecule has 2 fully saturated rings. The van der Waals surface area contributed by atoms with Gasteiger partial charge in [0.05, 0.1) is 51.4 Å². The van der Waals surface area contributed by atoms with Gasteiger partial charge in [-0.3, -0.25) is 0 Å². The molecule has 0 aromatic heterocycles. The molecular formula is C24H53N4O2+3. The minimum Gasteiger partial charge on any atom is -0.338 e. The number of likely N-dealkylation sites (N-methyl/N-ethyl adjacent to an activating group) is 2. The van der Waals surface area contributed by atoms with Gasteiger partial charge in [0.1, 0.15) is 13.1 Å². The Kier molecular flexibility index (Phi) is 6.65. The van der Waals surface area contributed by atoms with Gasteiger partial charge in [0.15, 0.2) is 0 Å². The molecule has 6 heteroatoms. The summed E-state index contributed by atoms with van der Waals surface area (Å²) in [4.78, 5) is 0. The third kappa shape index (κ3) is 5.05. The van der Waals surface area contributed by atoms with Crippen molar-refractivity contribution < 1.29 is 19.4 Å². The van der Waals surface area contributed by atoms with E-state index >= 15 is 0 Å². The normalized spacial score (nSPS) is 28.6. The van der Waals surface area contributed by atoms with Gasteiger partial charge in [0, 0.05) is 36.8 Å². The second-order valence-electron chi connectivity index (χ2n) is 14.0. The Hall–Kier alpha value is -0.240. The van der Waals surface area contributed by atoms with Gasteiger partial charge in [0.2, 0.25) is 0 Å². The van der Waals surface area contributed by atoms with Crippen LogP contribution in [0.3, 0.4) is 0 Å². The molecule has 2 aliphatic rings. The van der Waals surface area contributed by atoms with Gasteiger partial charge < -0.3 is 19.4 Å². The molecule has 178 valence electrons. The largest absolute Gasteiger partial charge is 0.338 e. The van der Waals surface area contributed by atoms with Crippen LogP contribution in [-0.2, 0) is 0 Å². The highest BCUT2D eigenvalue weighted by molar-refractivity contribution is 4.98. The SMILES string of the molecule is CC1(C)CC([N+](C)(C)CC[N+](C)(C)C2CC(C)(C)N([OH2+])C(C)(C)C2)CC(C)(C)N1O. The van der Waals surface area contributed by atoms with Crippen LogP contribution in [0.4, 0.5) is 0 Å². The fraction of sp³-hybridized carbons (Fsp3) is 1.00. The van der Waals surface area contributed by atoms with Crippen LogP contribution < -0.4 is 0 Å². The predicted octanol–water partition coefficient (Wildman–Crippen LogP) is 3.21. The predicted molar refractivity (Wildman–Crippen MR) is 125 cm³/mol. The lowest BCUT2D eigenvalue weighted by Gasteiger charge is -2.55. The van der Waals surface area contributed by atoms with E-state index in [1.165, 1.54) is 0 Å². The first kappa shape index (κ1) is 26.0. The summed E-state index contributed by atoms with van der Waals surface area (Å²) < 4.78 is 2.00. The molecule has 0 spiro atoms. The summed E-state index contributed by atoms with van der Waals surface area (Å²) in [5.41, 5.74) is -0.620. The molecule has 30 heavy (non-hydrogen) atoms. The van der Waals surface area contributed by atoms with E-state index in [1.54, 1.807) is 5.06 Å². The molecule has 0 unspecified atom stereocenters. The van der Waals surface area contributed by atoms with Crippen molar-refractivity contribution in [3.63, 3.8) is 0 Å². The van der Waals surface area contributed by atoms with Crippen molar-refractivity contribution in [2.45, 2.75) is 115 Å². The van der Waals surface area contributed by atoms with Crippen LogP contribution in [0, 0.1) is 0 Å². The van der Waals surface area contributed by atoms with Crippen LogP contribution >= 0.6 is 0 Å². The quantitative estimate of drug-likeness (QED) is 0.539. The van der Waals surface area contributed by atoms with E-state index in [0.717, 1.165) is 47.7 Å². The van der Waals surface area contributed by atoms with E-state index < -0.39 is 0 Å². The first-order valence-corrected chi connectivity index (χ1v) is 11.8. The van der Waals surface area contributed by atoms with Crippen molar-refractivity contribution >= 4 is 0 Å². The highest BCUT2D eigenvalue weighted by atomic mass is 16.5. The Labute approximate surface area is 186 Å². The first-order chi connectivity index (χ1) is 13.1. The lowest BCUT2D eigenvalue weighted by molar-refractivity contribution is -0.971. The topological polar surface area (TPSA) is 49.6 Å². The average Bonchev–Trinajstić information content (AvgIpc) is 2.54. The molecule has 0 atom stereocenters. The number of piperidine rings is 2. The van der Waals surface area contributed by atoms with Crippen molar-refractivity contribution in [3.8, 4) is 0 Å². The monoisotopic (exact) mass is 429 g/mol. The van der Waals surface area contributed by atoms with Crippen molar-refractivity contribution in [1.29, 1.82) is 0 Å². The Morgan fingerprint density at radius 2 is 0.933 bits per heavy atom. The van der Waals surface area contributed by atoms with Crippen molar-refractivity contribution in [2.75, 3.05) is 41.3 Å². The van der Waals surface area contributed by atoms with E-state index in [-0.39, 0.29) is 22.2 Å². The van der Waals surface area contributed by atoms with E-state index in [9.17, 15) is 5.21 Å². The molecule has 0 bridgehead atoms. The zero-order valence-corrected chi connectivity index (χ0v) is 22.1. The number of rotatable bonds is 5. The number of hydrogen-bond acceptors (Lipinski definition) is 3. The smallest absolute Gasteiger partial charge is 0.128 e. The highest BCUT2D eigenvalue weighted by Gasteiger charge is 2.54. The second kappa shape index (κ2) is 7.67. The fourth-order valence-electron chi connectivity index (χ4n) is 6.31. The molecule has 3 N–H and O–H groups in total. The van der Waals surface area contributed by atoms with Gasteiger partial charge in [-0.05, 0) is 55.4 Å². The van der Waals surface area contributed by atoms with Crippen LogP contribution in [0.5, 0.6) is 0 Å². The van der Waals surface area contributed by atoms with Gasteiger partial charge >= 0.3 is 0 Å². The van der Waals surface area contributed by atoms with Crippen LogP contribution in [0.1, 0.15) is 81.1 Å². The molecule has 0 saturated carbocycles. The van der Waals surface area contributed by atoms with E-state index in [4.69, 9.17) is 5.21 Å². The fourth-order valence-corrected chi connectivity index (χ4v) is 6.31. The molecule has 6 nitrogen and oxygen atoms in total. The molecule has 0 radical (unpaired) electrons. The Morgan fingerprint density at radius 3 is 1.23 bits per heavy atom. The van der Waals surface area contributed by atoms with Crippen LogP contribution in [0.25, 0.3) is 0 Å². The van der Waals surface area contributed by atoms with Gasteiger partial charge in [0.25, 0.3) is 0 Å². The molecule has 0 aromatic carbocycles. The van der Waals surface area contributed by atoms with Gasteiger partial charge in [-0.2, -0.15) is 5.06 Å². The van der Waals surface area contributed by atoms with Gasteiger partial charge in [-0.25, -0.2) is 0 Å². The van der Waals surface area contributed by atoms with Crippen molar-refractivity contribution in [2.24, 2.45) is 0 Å². The van der Waals surface area contributed by atoms with Crippen molar-refractivity contribution in [1.82, 2.24) is 10.1 Å². The number of hydrogen-bond donors (Lipinski definition) is 1. The summed E-state index contributed by atoms with van der Waals surface area (Å²) in [6.07, 6.45) is 4.13. The zero-order valence-electron chi connectivity index (χ0n) is 22.1. The average molecular weight is 430 g/mol. The summed E-state index contributed by atoms with van der Waals surface area (Å²) in [5, 5.41) is 22.7. The van der Waals surface area contributed by atoms with Gasteiger partial charge in [-0.15, -0.1) is 0 Å². The van der Waals surface area contributed by atoms with Crippen LogP contribution in [0.2, 0.25) is 0 Å².